The molecule has 2 N–H and O–H groups in total. The van der Waals surface area contributed by atoms with Gasteiger partial charge in [-0.05, 0) is 43.1 Å². The van der Waals surface area contributed by atoms with Crippen LogP contribution in [-0.2, 0) is 11.0 Å². The monoisotopic (exact) mass is 415 g/mol. The number of nitrogens with zero attached hydrogens (tertiary/aromatic N) is 1. The van der Waals surface area contributed by atoms with Crippen molar-refractivity contribution in [2.75, 3.05) is 26.2 Å². The largest absolute Gasteiger partial charge is 0.416 e. The third kappa shape index (κ3) is 5.83. The lowest BCUT2D eigenvalue weighted by atomic mass is 9.87. The molecule has 1 fully saturated rings. The van der Waals surface area contributed by atoms with Crippen LogP contribution in [0.5, 0.6) is 0 Å². The summed E-state index contributed by atoms with van der Waals surface area (Å²) in [6.45, 7) is 8.07. The van der Waals surface area contributed by atoms with Gasteiger partial charge in [0, 0.05) is 32.1 Å². The van der Waals surface area contributed by atoms with Crippen molar-refractivity contribution in [2.24, 2.45) is 11.8 Å². The van der Waals surface area contributed by atoms with Gasteiger partial charge < -0.3 is 15.5 Å². The van der Waals surface area contributed by atoms with Crippen molar-refractivity contribution in [3.05, 3.63) is 35.4 Å². The van der Waals surface area contributed by atoms with E-state index in [9.17, 15) is 18.0 Å². The Morgan fingerprint density at radius 1 is 1.29 bits per heavy atom. The van der Waals surface area contributed by atoms with Crippen LogP contribution in [-0.4, -0.2) is 42.1 Å². The maximum Gasteiger partial charge on any atom is 0.416 e. The smallest absolute Gasteiger partial charge is 0.363 e. The van der Waals surface area contributed by atoms with Gasteiger partial charge in [-0.1, -0.05) is 32.0 Å². The van der Waals surface area contributed by atoms with Gasteiger partial charge in [0.2, 0.25) is 5.91 Å². The van der Waals surface area contributed by atoms with Crippen LogP contribution < -0.4 is 10.6 Å². The Balaban J connectivity index is 2.24. The quantitative estimate of drug-likeness (QED) is 0.694. The van der Waals surface area contributed by atoms with Gasteiger partial charge in [-0.25, -0.2) is 0 Å². The first kappa shape index (κ1) is 22.5. The van der Waals surface area contributed by atoms with E-state index in [1.165, 1.54) is 6.07 Å². The molecule has 0 aliphatic carbocycles. The summed E-state index contributed by atoms with van der Waals surface area (Å²) in [5, 5.41) is 6.52. The minimum absolute atomic E-state index is 0.134. The Bertz CT molecular complexity index is 694. The number of alkyl halides is 3. The van der Waals surface area contributed by atoms with E-state index >= 15 is 0 Å². The second-order valence-electron chi connectivity index (χ2n) is 7.55. The topological polar surface area (TPSA) is 44.4 Å². The normalized spacial score (nSPS) is 19.8. The number of carbonyl (C=O) groups is 1. The number of hydrogen-bond acceptors (Lipinski definition) is 2. The van der Waals surface area contributed by atoms with Crippen molar-refractivity contribution in [1.82, 2.24) is 15.5 Å². The summed E-state index contributed by atoms with van der Waals surface area (Å²) in [5.74, 6) is -0.476. The number of amides is 1. The second kappa shape index (κ2) is 9.58. The average molecular weight is 416 g/mol. The maximum absolute atomic E-state index is 13.1. The summed E-state index contributed by atoms with van der Waals surface area (Å²) in [5.41, 5.74) is -0.183. The first-order valence-corrected chi connectivity index (χ1v) is 10.0. The molecule has 8 heteroatoms. The summed E-state index contributed by atoms with van der Waals surface area (Å²) in [6, 6.07) is 5.27. The Kier molecular flexibility index (Phi) is 7.69. The number of nitrogens with one attached hydrogen (secondary N) is 2. The lowest BCUT2D eigenvalue weighted by molar-refractivity contribution is -0.137. The SMILES string of the molecule is CCNC(=S)N1C[C@@H](C(=O)NCCC(C)C)[C@H](c2cccc(C(F)(F)F)c2)C1. The Labute approximate surface area is 169 Å². The first-order valence-electron chi connectivity index (χ1n) is 9.61. The molecule has 1 aliphatic rings. The van der Waals surface area contributed by atoms with Crippen molar-refractivity contribution in [3.63, 3.8) is 0 Å². The van der Waals surface area contributed by atoms with Gasteiger partial charge in [0.05, 0.1) is 11.5 Å². The van der Waals surface area contributed by atoms with Gasteiger partial charge in [-0.2, -0.15) is 13.2 Å². The number of hydrogen-bond donors (Lipinski definition) is 2. The summed E-state index contributed by atoms with van der Waals surface area (Å²) >= 11 is 5.37. The zero-order valence-electron chi connectivity index (χ0n) is 16.5. The third-order valence-electron chi connectivity index (χ3n) is 4.93. The van der Waals surface area contributed by atoms with Crippen molar-refractivity contribution in [3.8, 4) is 0 Å². The zero-order valence-corrected chi connectivity index (χ0v) is 17.3. The lowest BCUT2D eigenvalue weighted by Crippen LogP contribution is -2.40. The molecule has 1 heterocycles. The molecular formula is C20H28F3N3OS. The van der Waals surface area contributed by atoms with Crippen molar-refractivity contribution in [2.45, 2.75) is 39.3 Å². The average Bonchev–Trinajstić information content (AvgIpc) is 3.06. The lowest BCUT2D eigenvalue weighted by Gasteiger charge is -2.20. The molecular weight excluding hydrogens is 387 g/mol. The molecule has 1 saturated heterocycles. The summed E-state index contributed by atoms with van der Waals surface area (Å²) < 4.78 is 39.4. The molecule has 1 aromatic rings. The molecule has 0 unspecified atom stereocenters. The molecule has 1 amide bonds. The molecule has 0 bridgehead atoms. The van der Waals surface area contributed by atoms with Crippen LogP contribution >= 0.6 is 12.2 Å². The summed E-state index contributed by atoms with van der Waals surface area (Å²) in [6.07, 6.45) is -3.56. The highest BCUT2D eigenvalue weighted by Gasteiger charge is 2.40. The fourth-order valence-electron chi connectivity index (χ4n) is 3.40. The summed E-state index contributed by atoms with van der Waals surface area (Å²) in [7, 11) is 0. The van der Waals surface area contributed by atoms with E-state index in [0.717, 1.165) is 18.6 Å². The number of benzene rings is 1. The van der Waals surface area contributed by atoms with Gasteiger partial charge in [-0.15, -0.1) is 0 Å². The van der Waals surface area contributed by atoms with E-state index in [4.69, 9.17) is 12.2 Å². The molecule has 4 nitrogen and oxygen atoms in total. The molecule has 0 radical (unpaired) electrons. The molecule has 1 aromatic carbocycles. The molecule has 0 aromatic heterocycles. The fourth-order valence-corrected chi connectivity index (χ4v) is 3.69. The molecule has 28 heavy (non-hydrogen) atoms. The van der Waals surface area contributed by atoms with Crippen molar-refractivity contribution < 1.29 is 18.0 Å². The predicted molar refractivity (Wildman–Crippen MR) is 108 cm³/mol. The van der Waals surface area contributed by atoms with Crippen LogP contribution in [0.15, 0.2) is 24.3 Å². The predicted octanol–water partition coefficient (Wildman–Crippen LogP) is 3.78. The Morgan fingerprint density at radius 3 is 2.61 bits per heavy atom. The van der Waals surface area contributed by atoms with Crippen molar-refractivity contribution in [1.29, 1.82) is 0 Å². The van der Waals surface area contributed by atoms with Gasteiger partial charge in [0.15, 0.2) is 5.11 Å². The molecule has 0 spiro atoms. The van der Waals surface area contributed by atoms with E-state index in [2.05, 4.69) is 24.5 Å². The number of carbonyl (C=O) groups excluding carboxylic acids is 1. The number of thiocarbonyl (C=S) groups is 1. The molecule has 2 rings (SSSR count). The highest BCUT2D eigenvalue weighted by Crippen LogP contribution is 2.36. The second-order valence-corrected chi connectivity index (χ2v) is 7.94. The van der Waals surface area contributed by atoms with Gasteiger partial charge >= 0.3 is 6.18 Å². The van der Waals surface area contributed by atoms with Crippen LogP contribution in [0.2, 0.25) is 0 Å². The van der Waals surface area contributed by atoms with E-state index in [1.54, 1.807) is 6.07 Å². The standard InChI is InChI=1S/C20H28F3N3OS/c1-4-24-19(28)26-11-16(14-6-5-7-15(10-14)20(21,22)23)17(12-26)18(27)25-9-8-13(2)3/h5-7,10,13,16-17H,4,8-9,11-12H2,1-3H3,(H,24,28)(H,25,27)/t16-,17+/m0/s1. The maximum atomic E-state index is 13.1. The highest BCUT2D eigenvalue weighted by molar-refractivity contribution is 7.80. The first-order chi connectivity index (χ1) is 13.1. The Morgan fingerprint density at radius 2 is 2.00 bits per heavy atom. The molecule has 156 valence electrons. The third-order valence-corrected chi connectivity index (χ3v) is 5.34. The molecule has 1 aliphatic heterocycles. The summed E-state index contributed by atoms with van der Waals surface area (Å²) in [4.78, 5) is 14.7. The van der Waals surface area contributed by atoms with Gasteiger partial charge in [-0.3, -0.25) is 4.79 Å². The highest BCUT2D eigenvalue weighted by atomic mass is 32.1. The van der Waals surface area contributed by atoms with Gasteiger partial charge in [0.25, 0.3) is 0 Å². The van der Waals surface area contributed by atoms with Crippen LogP contribution in [0.4, 0.5) is 13.2 Å². The van der Waals surface area contributed by atoms with E-state index < -0.39 is 17.7 Å². The molecule has 2 atom stereocenters. The Hall–Kier alpha value is -1.83. The van der Waals surface area contributed by atoms with Crippen molar-refractivity contribution >= 4 is 23.2 Å². The van der Waals surface area contributed by atoms with E-state index in [-0.39, 0.29) is 11.8 Å². The van der Waals surface area contributed by atoms with E-state index in [1.807, 2.05) is 11.8 Å². The van der Waals surface area contributed by atoms with Crippen LogP contribution in [0.3, 0.4) is 0 Å². The zero-order chi connectivity index (χ0) is 20.9. The number of likely N-dealkylation sites (tertiary alicyclic amines) is 1. The number of rotatable bonds is 6. The van der Waals surface area contributed by atoms with E-state index in [0.29, 0.717) is 42.8 Å². The van der Waals surface area contributed by atoms with Gasteiger partial charge in [0.1, 0.15) is 0 Å². The van der Waals surface area contributed by atoms with Crippen LogP contribution in [0.25, 0.3) is 0 Å². The molecule has 0 saturated carbocycles. The van der Waals surface area contributed by atoms with Crippen LogP contribution in [0, 0.1) is 11.8 Å². The minimum Gasteiger partial charge on any atom is -0.363 e. The fraction of sp³-hybridized carbons (Fsp3) is 0.600. The number of halogens is 3. The van der Waals surface area contributed by atoms with Crippen LogP contribution in [0.1, 0.15) is 44.2 Å². The minimum atomic E-state index is -4.41.